The standard InChI is InChI=1S/C16H27N3O7S2/c1-4-25-16(20)14-6-7-15(26-14)28(23,24)19-11-9-18(10-12-19)8-5-13-27(21,22)17(2)3/h6-7H,4-5,8-13H2,1-3H3. The minimum atomic E-state index is -3.84. The van der Waals surface area contributed by atoms with Gasteiger partial charge in [-0.05, 0) is 32.0 Å². The molecule has 2 rings (SSSR count). The first-order valence-corrected chi connectivity index (χ1v) is 12.0. The smallest absolute Gasteiger partial charge is 0.374 e. The SMILES string of the molecule is CCOC(=O)c1ccc(S(=O)(=O)N2CCN(CCCS(=O)(=O)N(C)C)CC2)o1. The summed E-state index contributed by atoms with van der Waals surface area (Å²) in [5.41, 5.74) is 0. The first-order valence-electron chi connectivity index (χ1n) is 8.97. The summed E-state index contributed by atoms with van der Waals surface area (Å²) >= 11 is 0. The molecule has 1 aliphatic rings. The van der Waals surface area contributed by atoms with Crippen LogP contribution in [0.2, 0.25) is 0 Å². The summed E-state index contributed by atoms with van der Waals surface area (Å²) in [6, 6.07) is 2.53. The second-order valence-corrected chi connectivity index (χ2v) is 10.7. The number of nitrogens with zero attached hydrogens (tertiary/aromatic N) is 3. The lowest BCUT2D eigenvalue weighted by Gasteiger charge is -2.33. The van der Waals surface area contributed by atoms with Gasteiger partial charge in [0.25, 0.3) is 10.0 Å². The third kappa shape index (κ3) is 5.54. The van der Waals surface area contributed by atoms with Crippen molar-refractivity contribution in [3.05, 3.63) is 17.9 Å². The predicted molar refractivity (Wildman–Crippen MR) is 102 cm³/mol. The fourth-order valence-electron chi connectivity index (χ4n) is 2.74. The lowest BCUT2D eigenvalue weighted by molar-refractivity contribution is 0.0483. The van der Waals surface area contributed by atoms with Crippen LogP contribution in [0.5, 0.6) is 0 Å². The molecule has 1 aromatic rings. The van der Waals surface area contributed by atoms with E-state index >= 15 is 0 Å². The largest absolute Gasteiger partial charge is 0.460 e. The molecule has 0 unspecified atom stereocenters. The van der Waals surface area contributed by atoms with E-state index in [0.29, 0.717) is 26.1 Å². The van der Waals surface area contributed by atoms with Crippen LogP contribution in [-0.4, -0.2) is 95.5 Å². The number of carbonyl (C=O) groups is 1. The molecule has 1 aromatic heterocycles. The van der Waals surface area contributed by atoms with Gasteiger partial charge < -0.3 is 14.1 Å². The summed E-state index contributed by atoms with van der Waals surface area (Å²) < 4.78 is 61.4. The van der Waals surface area contributed by atoms with E-state index in [0.717, 1.165) is 0 Å². The normalized spacial score (nSPS) is 17.1. The molecule has 160 valence electrons. The summed E-state index contributed by atoms with van der Waals surface area (Å²) in [5.74, 6) is -0.802. The van der Waals surface area contributed by atoms with Crippen molar-refractivity contribution in [2.75, 3.05) is 59.2 Å². The van der Waals surface area contributed by atoms with Gasteiger partial charge in [0.2, 0.25) is 20.9 Å². The number of carbonyl (C=O) groups excluding carboxylic acids is 1. The van der Waals surface area contributed by atoms with Crippen LogP contribution >= 0.6 is 0 Å². The number of ether oxygens (including phenoxy) is 1. The average molecular weight is 438 g/mol. The van der Waals surface area contributed by atoms with Crippen molar-refractivity contribution in [2.24, 2.45) is 0 Å². The van der Waals surface area contributed by atoms with Crippen LogP contribution in [0.4, 0.5) is 0 Å². The molecule has 28 heavy (non-hydrogen) atoms. The Hall–Kier alpha value is -1.47. The van der Waals surface area contributed by atoms with E-state index in [1.807, 2.05) is 4.90 Å². The highest BCUT2D eigenvalue weighted by atomic mass is 32.2. The van der Waals surface area contributed by atoms with Crippen molar-refractivity contribution < 1.29 is 30.8 Å². The van der Waals surface area contributed by atoms with E-state index in [1.165, 1.54) is 34.8 Å². The second-order valence-electron chi connectivity index (χ2n) is 6.54. The highest BCUT2D eigenvalue weighted by Gasteiger charge is 2.31. The molecule has 0 aliphatic carbocycles. The van der Waals surface area contributed by atoms with Crippen LogP contribution < -0.4 is 0 Å². The van der Waals surface area contributed by atoms with Gasteiger partial charge in [-0.3, -0.25) is 0 Å². The van der Waals surface area contributed by atoms with Crippen LogP contribution in [0.1, 0.15) is 23.9 Å². The topological polar surface area (TPSA) is 117 Å². The van der Waals surface area contributed by atoms with Crippen molar-refractivity contribution in [3.63, 3.8) is 0 Å². The molecule has 0 spiro atoms. The monoisotopic (exact) mass is 437 g/mol. The maximum Gasteiger partial charge on any atom is 0.374 e. The summed E-state index contributed by atoms with van der Waals surface area (Å²) in [7, 11) is -4.06. The quantitative estimate of drug-likeness (QED) is 0.497. The first kappa shape index (κ1) is 22.8. The van der Waals surface area contributed by atoms with E-state index in [1.54, 1.807) is 6.92 Å². The van der Waals surface area contributed by atoms with Gasteiger partial charge in [0.15, 0.2) is 0 Å². The van der Waals surface area contributed by atoms with Crippen molar-refractivity contribution in [3.8, 4) is 0 Å². The Balaban J connectivity index is 1.89. The number of hydrogen-bond donors (Lipinski definition) is 0. The Kier molecular flexibility index (Phi) is 7.62. The minimum absolute atomic E-state index is 0.0571. The fourth-order valence-corrected chi connectivity index (χ4v) is 4.94. The fraction of sp³-hybridized carbons (Fsp3) is 0.688. The Labute approximate surface area is 166 Å². The molecule has 0 saturated carbocycles. The van der Waals surface area contributed by atoms with E-state index in [2.05, 4.69) is 0 Å². The molecule has 0 amide bonds. The molecular formula is C16H27N3O7S2. The molecule has 0 radical (unpaired) electrons. The van der Waals surface area contributed by atoms with E-state index in [-0.39, 0.29) is 36.3 Å². The van der Waals surface area contributed by atoms with Gasteiger partial charge in [0.1, 0.15) is 0 Å². The average Bonchev–Trinajstić information content (AvgIpc) is 3.13. The zero-order valence-electron chi connectivity index (χ0n) is 16.3. The minimum Gasteiger partial charge on any atom is -0.460 e. The molecule has 0 atom stereocenters. The molecule has 0 aromatic carbocycles. The zero-order chi connectivity index (χ0) is 20.9. The summed E-state index contributed by atoms with van der Waals surface area (Å²) in [6.45, 7) is 3.90. The molecular weight excluding hydrogens is 410 g/mol. The Morgan fingerprint density at radius 3 is 2.36 bits per heavy atom. The molecule has 1 fully saturated rings. The molecule has 10 nitrogen and oxygen atoms in total. The Bertz CT molecular complexity index is 870. The molecule has 12 heteroatoms. The molecule has 0 N–H and O–H groups in total. The van der Waals surface area contributed by atoms with Crippen LogP contribution in [0.15, 0.2) is 21.6 Å². The van der Waals surface area contributed by atoms with Gasteiger partial charge in [-0.25, -0.2) is 25.9 Å². The number of esters is 1. The number of hydrogen-bond acceptors (Lipinski definition) is 8. The third-order valence-corrected chi connectivity index (χ3v) is 8.11. The van der Waals surface area contributed by atoms with Gasteiger partial charge in [0, 0.05) is 40.3 Å². The summed E-state index contributed by atoms with van der Waals surface area (Å²) in [6.07, 6.45) is 0.481. The zero-order valence-corrected chi connectivity index (χ0v) is 18.0. The lowest BCUT2D eigenvalue weighted by atomic mass is 10.3. The van der Waals surface area contributed by atoms with Crippen LogP contribution in [0.25, 0.3) is 0 Å². The Morgan fingerprint density at radius 1 is 1.14 bits per heavy atom. The van der Waals surface area contributed by atoms with Gasteiger partial charge >= 0.3 is 5.97 Å². The predicted octanol–water partition coefficient (Wildman–Crippen LogP) is 0.0441. The van der Waals surface area contributed by atoms with Crippen molar-refractivity contribution in [1.29, 1.82) is 0 Å². The van der Waals surface area contributed by atoms with Crippen LogP contribution in [0.3, 0.4) is 0 Å². The van der Waals surface area contributed by atoms with Gasteiger partial charge in [-0.1, -0.05) is 0 Å². The van der Waals surface area contributed by atoms with Gasteiger partial charge in [0.05, 0.1) is 12.4 Å². The number of sulfonamides is 2. The van der Waals surface area contributed by atoms with Gasteiger partial charge in [-0.2, -0.15) is 4.31 Å². The summed E-state index contributed by atoms with van der Waals surface area (Å²) in [5, 5.41) is -0.291. The number of furan rings is 1. The maximum atomic E-state index is 12.7. The highest BCUT2D eigenvalue weighted by molar-refractivity contribution is 7.89. The van der Waals surface area contributed by atoms with Crippen molar-refractivity contribution >= 4 is 26.0 Å². The maximum absolute atomic E-state index is 12.7. The number of piperazine rings is 1. The number of rotatable bonds is 9. The molecule has 2 heterocycles. The van der Waals surface area contributed by atoms with E-state index in [9.17, 15) is 21.6 Å². The highest BCUT2D eigenvalue weighted by Crippen LogP contribution is 2.21. The molecule has 1 saturated heterocycles. The molecule has 0 bridgehead atoms. The lowest BCUT2D eigenvalue weighted by Crippen LogP contribution is -2.48. The van der Waals surface area contributed by atoms with Crippen LogP contribution in [0, 0.1) is 0 Å². The van der Waals surface area contributed by atoms with Crippen molar-refractivity contribution in [2.45, 2.75) is 18.4 Å². The summed E-state index contributed by atoms with van der Waals surface area (Å²) in [4.78, 5) is 13.7. The van der Waals surface area contributed by atoms with Crippen LogP contribution in [-0.2, 0) is 24.8 Å². The first-order chi connectivity index (χ1) is 13.1. The van der Waals surface area contributed by atoms with E-state index < -0.39 is 26.0 Å². The van der Waals surface area contributed by atoms with E-state index in [4.69, 9.17) is 9.15 Å². The Morgan fingerprint density at radius 2 is 1.79 bits per heavy atom. The van der Waals surface area contributed by atoms with Gasteiger partial charge in [-0.15, -0.1) is 0 Å². The third-order valence-electron chi connectivity index (χ3n) is 4.42. The second kappa shape index (κ2) is 9.35. The van der Waals surface area contributed by atoms with Crippen molar-refractivity contribution in [1.82, 2.24) is 13.5 Å². The molecule has 1 aliphatic heterocycles.